The van der Waals surface area contributed by atoms with Crippen molar-refractivity contribution in [2.45, 2.75) is 18.8 Å². The number of aromatic amines is 1. The Hall–Kier alpha value is -2.83. The fraction of sp³-hybridized carbons (Fsp3) is 0.294. The predicted molar refractivity (Wildman–Crippen MR) is 86.0 cm³/mol. The van der Waals surface area contributed by atoms with Gasteiger partial charge in [-0.15, -0.1) is 0 Å². The van der Waals surface area contributed by atoms with Crippen LogP contribution in [-0.2, 0) is 0 Å². The summed E-state index contributed by atoms with van der Waals surface area (Å²) in [7, 11) is 0. The van der Waals surface area contributed by atoms with E-state index in [2.05, 4.69) is 20.2 Å². The summed E-state index contributed by atoms with van der Waals surface area (Å²) in [6, 6.07) is 5.82. The zero-order valence-corrected chi connectivity index (χ0v) is 12.9. The van der Waals surface area contributed by atoms with Gasteiger partial charge in [0, 0.05) is 37.0 Å². The van der Waals surface area contributed by atoms with Gasteiger partial charge in [0.05, 0.1) is 5.69 Å². The highest BCUT2D eigenvalue weighted by Gasteiger charge is 2.28. The van der Waals surface area contributed by atoms with Crippen LogP contribution in [0.15, 0.2) is 36.7 Å². The highest BCUT2D eigenvalue weighted by Crippen LogP contribution is 2.29. The van der Waals surface area contributed by atoms with Crippen LogP contribution in [0.2, 0.25) is 0 Å². The first-order chi connectivity index (χ1) is 11.7. The molecule has 0 radical (unpaired) electrons. The fourth-order valence-electron chi connectivity index (χ4n) is 3.25. The first-order valence-electron chi connectivity index (χ1n) is 7.92. The van der Waals surface area contributed by atoms with Gasteiger partial charge in [-0.1, -0.05) is 6.07 Å². The summed E-state index contributed by atoms with van der Waals surface area (Å²) in [5.41, 5.74) is 2.63. The van der Waals surface area contributed by atoms with Gasteiger partial charge in [-0.05, 0) is 31.0 Å². The van der Waals surface area contributed by atoms with Gasteiger partial charge in [-0.25, -0.2) is 14.4 Å². The summed E-state index contributed by atoms with van der Waals surface area (Å²) in [5.74, 6) is -0.420. The average Bonchev–Trinajstić information content (AvgIpc) is 3.05. The van der Waals surface area contributed by atoms with Gasteiger partial charge in [0.25, 0.3) is 5.91 Å². The molecule has 1 aliphatic rings. The lowest BCUT2D eigenvalue weighted by atomic mass is 9.94. The quantitative estimate of drug-likeness (QED) is 0.785. The monoisotopic (exact) mass is 325 g/mol. The Morgan fingerprint density at radius 1 is 1.29 bits per heavy atom. The van der Waals surface area contributed by atoms with Crippen LogP contribution in [0.1, 0.15) is 34.8 Å². The lowest BCUT2D eigenvalue weighted by Crippen LogP contribution is -2.39. The number of amides is 1. The zero-order valence-electron chi connectivity index (χ0n) is 12.9. The molecule has 1 amide bonds. The number of likely N-dealkylation sites (tertiary alicyclic amines) is 1. The molecule has 3 aromatic rings. The van der Waals surface area contributed by atoms with Gasteiger partial charge in [0.15, 0.2) is 5.65 Å². The third-order valence-corrected chi connectivity index (χ3v) is 4.40. The van der Waals surface area contributed by atoms with E-state index in [1.54, 1.807) is 29.4 Å². The Morgan fingerprint density at radius 3 is 3.04 bits per heavy atom. The summed E-state index contributed by atoms with van der Waals surface area (Å²) in [5, 5.41) is 7.20. The normalized spacial score (nSPS) is 18.0. The highest BCUT2D eigenvalue weighted by atomic mass is 19.1. The van der Waals surface area contributed by atoms with Crippen molar-refractivity contribution in [1.29, 1.82) is 0 Å². The number of benzene rings is 1. The molecule has 24 heavy (non-hydrogen) atoms. The number of aromatic nitrogens is 4. The van der Waals surface area contributed by atoms with E-state index in [0.29, 0.717) is 24.3 Å². The Labute approximate surface area is 137 Å². The first kappa shape index (κ1) is 14.7. The molecule has 1 fully saturated rings. The third-order valence-electron chi connectivity index (χ3n) is 4.40. The van der Waals surface area contributed by atoms with E-state index in [-0.39, 0.29) is 11.8 Å². The molecule has 1 N–H and O–H groups in total. The molecule has 0 spiro atoms. The average molecular weight is 325 g/mol. The number of H-pyrrole nitrogens is 1. The molecule has 4 rings (SSSR count). The van der Waals surface area contributed by atoms with Crippen molar-refractivity contribution in [1.82, 2.24) is 25.1 Å². The fourth-order valence-corrected chi connectivity index (χ4v) is 3.25. The van der Waals surface area contributed by atoms with Crippen molar-refractivity contribution >= 4 is 17.1 Å². The molecular weight excluding hydrogens is 309 g/mol. The van der Waals surface area contributed by atoms with Gasteiger partial charge in [0.1, 0.15) is 11.3 Å². The van der Waals surface area contributed by atoms with Crippen molar-refractivity contribution in [2.75, 3.05) is 13.1 Å². The summed E-state index contributed by atoms with van der Waals surface area (Å²) in [6.07, 6.45) is 5.07. The molecule has 1 atom stereocenters. The van der Waals surface area contributed by atoms with E-state index in [0.717, 1.165) is 24.1 Å². The van der Waals surface area contributed by atoms with Crippen LogP contribution < -0.4 is 0 Å². The molecule has 0 aliphatic carbocycles. The number of nitrogens with zero attached hydrogens (tertiary/aromatic N) is 4. The molecule has 2 aromatic heterocycles. The van der Waals surface area contributed by atoms with E-state index in [4.69, 9.17) is 0 Å². The minimum Gasteiger partial charge on any atom is -0.338 e. The first-order valence-corrected chi connectivity index (χ1v) is 7.92. The van der Waals surface area contributed by atoms with E-state index in [9.17, 15) is 9.18 Å². The van der Waals surface area contributed by atoms with Gasteiger partial charge >= 0.3 is 0 Å². The molecule has 0 unspecified atom stereocenters. The topological polar surface area (TPSA) is 74.8 Å². The summed E-state index contributed by atoms with van der Waals surface area (Å²) in [4.78, 5) is 22.9. The number of nitrogens with one attached hydrogen (secondary N) is 1. The maximum Gasteiger partial charge on any atom is 0.253 e. The highest BCUT2D eigenvalue weighted by molar-refractivity contribution is 5.94. The standard InChI is InChI=1S/C17H16FN5O/c18-13-5-1-3-11(9-13)17(24)23-8-2-4-12(10-23)14-15-16(22-21-14)20-7-6-19-15/h1,3,5-7,9,12H,2,4,8,10H2,(H,20,21,22)/t12-/m1/s1. The predicted octanol–water partition coefficient (Wildman–Crippen LogP) is 2.51. The second-order valence-electron chi connectivity index (χ2n) is 5.97. The molecule has 122 valence electrons. The van der Waals surface area contributed by atoms with Crippen LogP contribution in [0.4, 0.5) is 4.39 Å². The van der Waals surface area contributed by atoms with Crippen LogP contribution >= 0.6 is 0 Å². The van der Waals surface area contributed by atoms with Crippen LogP contribution in [0, 0.1) is 5.82 Å². The van der Waals surface area contributed by atoms with Gasteiger partial charge in [-0.2, -0.15) is 5.10 Å². The van der Waals surface area contributed by atoms with Gasteiger partial charge < -0.3 is 4.90 Å². The number of halogens is 1. The zero-order chi connectivity index (χ0) is 16.5. The minimum atomic E-state index is -0.399. The Bertz CT molecular complexity index is 893. The van der Waals surface area contributed by atoms with Crippen molar-refractivity contribution < 1.29 is 9.18 Å². The smallest absolute Gasteiger partial charge is 0.253 e. The number of fused-ring (bicyclic) bond motifs is 1. The van der Waals surface area contributed by atoms with E-state index in [1.165, 1.54) is 12.1 Å². The van der Waals surface area contributed by atoms with Crippen LogP contribution in [0.3, 0.4) is 0 Å². The second kappa shape index (κ2) is 5.99. The van der Waals surface area contributed by atoms with Crippen LogP contribution in [0.5, 0.6) is 0 Å². The number of carbonyl (C=O) groups excluding carboxylic acids is 1. The molecular formula is C17H16FN5O. The molecule has 3 heterocycles. The van der Waals surface area contributed by atoms with E-state index >= 15 is 0 Å². The summed E-state index contributed by atoms with van der Waals surface area (Å²) < 4.78 is 13.4. The van der Waals surface area contributed by atoms with Gasteiger partial charge in [0.2, 0.25) is 0 Å². The number of hydrogen-bond donors (Lipinski definition) is 1. The number of rotatable bonds is 2. The molecule has 1 aromatic carbocycles. The van der Waals surface area contributed by atoms with E-state index < -0.39 is 5.82 Å². The lowest BCUT2D eigenvalue weighted by molar-refractivity contribution is 0.0705. The molecule has 0 saturated carbocycles. The lowest BCUT2D eigenvalue weighted by Gasteiger charge is -2.32. The number of hydrogen-bond acceptors (Lipinski definition) is 4. The van der Waals surface area contributed by atoms with Crippen molar-refractivity contribution in [3.63, 3.8) is 0 Å². The SMILES string of the molecule is O=C(c1cccc(F)c1)N1CCC[C@@H](c2[nH]nc3nccnc23)C1. The van der Waals surface area contributed by atoms with Crippen LogP contribution in [0.25, 0.3) is 11.2 Å². The number of piperidine rings is 1. The van der Waals surface area contributed by atoms with Gasteiger partial charge in [-0.3, -0.25) is 9.89 Å². The Morgan fingerprint density at radius 2 is 2.17 bits per heavy atom. The Balaban J connectivity index is 1.59. The van der Waals surface area contributed by atoms with Crippen molar-refractivity contribution in [3.05, 3.63) is 53.7 Å². The second-order valence-corrected chi connectivity index (χ2v) is 5.97. The van der Waals surface area contributed by atoms with Crippen molar-refractivity contribution in [3.8, 4) is 0 Å². The van der Waals surface area contributed by atoms with Crippen molar-refractivity contribution in [2.24, 2.45) is 0 Å². The minimum absolute atomic E-state index is 0.123. The molecule has 6 nitrogen and oxygen atoms in total. The van der Waals surface area contributed by atoms with E-state index in [1.807, 2.05) is 0 Å². The third kappa shape index (κ3) is 2.62. The van der Waals surface area contributed by atoms with Crippen LogP contribution in [-0.4, -0.2) is 44.1 Å². The maximum atomic E-state index is 13.4. The summed E-state index contributed by atoms with van der Waals surface area (Å²) >= 11 is 0. The molecule has 7 heteroatoms. The maximum absolute atomic E-state index is 13.4. The Kier molecular flexibility index (Phi) is 3.68. The molecule has 1 saturated heterocycles. The summed E-state index contributed by atoms with van der Waals surface area (Å²) in [6.45, 7) is 1.23. The molecule has 0 bridgehead atoms. The largest absolute Gasteiger partial charge is 0.338 e. The molecule has 1 aliphatic heterocycles. The number of carbonyl (C=O) groups is 1.